The number of carbonyl (C=O) groups is 1. The molecular formula is C14H11ClF6N2O2S2. The van der Waals surface area contributed by atoms with Gasteiger partial charge in [0.05, 0.1) is 32.2 Å². The molecule has 27 heavy (non-hydrogen) atoms. The molecule has 0 spiro atoms. The first-order valence-corrected chi connectivity index (χ1v) is 9.79. The van der Waals surface area contributed by atoms with E-state index in [9.17, 15) is 35.3 Å². The number of alkyl halides is 5. The van der Waals surface area contributed by atoms with Crippen LogP contribution < -0.4 is 0 Å². The lowest BCUT2D eigenvalue weighted by molar-refractivity contribution is -0.150. The van der Waals surface area contributed by atoms with Gasteiger partial charge in [-0.25, -0.2) is 18.2 Å². The maximum absolute atomic E-state index is 14.1. The number of thioether (sulfide) groups is 1. The molecule has 2 rings (SSSR count). The summed E-state index contributed by atoms with van der Waals surface area (Å²) in [4.78, 5) is 15.3. The number of amides is 1. The average Bonchev–Trinajstić information content (AvgIpc) is 2.79. The molecule has 1 saturated heterocycles. The van der Waals surface area contributed by atoms with Gasteiger partial charge in [0.2, 0.25) is 5.91 Å². The summed E-state index contributed by atoms with van der Waals surface area (Å²) in [5.41, 5.74) is -0.563. The number of benzene rings is 1. The predicted molar refractivity (Wildman–Crippen MR) is 90.6 cm³/mol. The van der Waals surface area contributed by atoms with Crippen molar-refractivity contribution in [2.75, 3.05) is 18.1 Å². The second-order valence-corrected chi connectivity index (χ2v) is 8.34. The summed E-state index contributed by atoms with van der Waals surface area (Å²) >= 11 is 6.40. The van der Waals surface area contributed by atoms with Gasteiger partial charge in [-0.2, -0.15) is 13.2 Å². The van der Waals surface area contributed by atoms with Gasteiger partial charge in [-0.15, -0.1) is 0 Å². The Balaban J connectivity index is 2.40. The van der Waals surface area contributed by atoms with E-state index in [-0.39, 0.29) is 15.7 Å². The molecule has 0 N–H and O–H groups in total. The van der Waals surface area contributed by atoms with Crippen LogP contribution in [-0.4, -0.2) is 50.3 Å². The Morgan fingerprint density at radius 3 is 2.48 bits per heavy atom. The van der Waals surface area contributed by atoms with Crippen LogP contribution in [0.4, 0.5) is 32.0 Å². The van der Waals surface area contributed by atoms with E-state index in [0.717, 1.165) is 6.07 Å². The number of rotatable bonds is 5. The zero-order valence-corrected chi connectivity index (χ0v) is 15.8. The van der Waals surface area contributed by atoms with Crippen LogP contribution in [0.15, 0.2) is 22.0 Å². The van der Waals surface area contributed by atoms with E-state index in [1.54, 1.807) is 0 Å². The molecule has 1 amide bonds. The summed E-state index contributed by atoms with van der Waals surface area (Å²) in [5.74, 6) is -6.61. The summed E-state index contributed by atoms with van der Waals surface area (Å²) in [5, 5.41) is -0.794. The van der Waals surface area contributed by atoms with Crippen LogP contribution in [0.1, 0.15) is 6.92 Å². The smallest absolute Gasteiger partial charge is 0.281 e. The van der Waals surface area contributed by atoms with Gasteiger partial charge in [0.1, 0.15) is 18.0 Å². The van der Waals surface area contributed by atoms with Gasteiger partial charge in [-0.05, 0) is 12.1 Å². The Labute approximate surface area is 161 Å². The molecule has 1 atom stereocenters. The Kier molecular flexibility index (Phi) is 6.52. The van der Waals surface area contributed by atoms with Crippen molar-refractivity contribution in [1.29, 1.82) is 0 Å². The standard InChI is InChI=1S/C14H11ClF6N2O2S2/c1-13(17,18)6-27(25)10-3-9(8(16)2-7(10)15)22-12-23(5-14(19,20)21)11(24)4-26-12/h2-3H,4-6H2,1H3. The first-order chi connectivity index (χ1) is 12.3. The predicted octanol–water partition coefficient (Wildman–Crippen LogP) is 4.37. The SMILES string of the molecule is CC(F)(F)CS(=O)c1cc(N=C2SCC(=O)N2CC(F)(F)F)c(F)cc1Cl. The zero-order chi connectivity index (χ0) is 20.6. The highest BCUT2D eigenvalue weighted by Gasteiger charge is 2.39. The van der Waals surface area contributed by atoms with Crippen molar-refractivity contribution >= 4 is 50.9 Å². The molecule has 1 aliphatic rings. The third kappa shape index (κ3) is 6.11. The van der Waals surface area contributed by atoms with E-state index in [0.29, 0.717) is 29.7 Å². The Bertz CT molecular complexity index is 810. The lowest BCUT2D eigenvalue weighted by Crippen LogP contribution is -2.38. The van der Waals surface area contributed by atoms with Crippen molar-refractivity contribution in [3.63, 3.8) is 0 Å². The van der Waals surface area contributed by atoms with Crippen molar-refractivity contribution in [2.45, 2.75) is 23.9 Å². The van der Waals surface area contributed by atoms with Crippen LogP contribution >= 0.6 is 23.4 Å². The lowest BCUT2D eigenvalue weighted by Gasteiger charge is -2.18. The first-order valence-electron chi connectivity index (χ1n) is 7.11. The van der Waals surface area contributed by atoms with E-state index in [1.165, 1.54) is 0 Å². The topological polar surface area (TPSA) is 49.7 Å². The lowest BCUT2D eigenvalue weighted by atomic mass is 10.3. The monoisotopic (exact) mass is 452 g/mol. The minimum absolute atomic E-state index is 0.315. The molecule has 0 aliphatic carbocycles. The third-order valence-electron chi connectivity index (χ3n) is 3.04. The molecule has 0 aromatic heterocycles. The molecule has 1 fully saturated rings. The highest BCUT2D eigenvalue weighted by Crippen LogP contribution is 2.33. The maximum Gasteiger partial charge on any atom is 0.406 e. The van der Waals surface area contributed by atoms with Crippen LogP contribution in [0.2, 0.25) is 5.02 Å². The maximum atomic E-state index is 14.1. The molecule has 0 radical (unpaired) electrons. The van der Waals surface area contributed by atoms with Crippen LogP contribution in [-0.2, 0) is 15.6 Å². The van der Waals surface area contributed by atoms with Gasteiger partial charge < -0.3 is 0 Å². The fourth-order valence-corrected chi connectivity index (χ4v) is 4.44. The fraction of sp³-hybridized carbons (Fsp3) is 0.429. The molecular weight excluding hydrogens is 442 g/mol. The van der Waals surface area contributed by atoms with Crippen LogP contribution in [0, 0.1) is 5.82 Å². The van der Waals surface area contributed by atoms with Crippen molar-refractivity contribution < 1.29 is 35.3 Å². The van der Waals surface area contributed by atoms with E-state index in [4.69, 9.17) is 11.6 Å². The number of nitrogens with zero attached hydrogens (tertiary/aromatic N) is 2. The van der Waals surface area contributed by atoms with E-state index in [2.05, 4.69) is 4.99 Å². The second kappa shape index (κ2) is 8.00. The molecule has 1 aromatic carbocycles. The van der Waals surface area contributed by atoms with Gasteiger partial charge in [-0.3, -0.25) is 13.9 Å². The molecule has 0 saturated carbocycles. The van der Waals surface area contributed by atoms with E-state index >= 15 is 0 Å². The molecule has 1 aromatic rings. The summed E-state index contributed by atoms with van der Waals surface area (Å²) in [6, 6.07) is 1.50. The molecule has 0 bridgehead atoms. The zero-order valence-electron chi connectivity index (χ0n) is 13.4. The van der Waals surface area contributed by atoms with Gasteiger partial charge in [0.25, 0.3) is 5.92 Å². The second-order valence-electron chi connectivity index (χ2n) is 5.57. The Hall–Kier alpha value is -1.27. The fourth-order valence-electron chi connectivity index (χ4n) is 2.01. The van der Waals surface area contributed by atoms with E-state index < -0.39 is 57.8 Å². The summed E-state index contributed by atoms with van der Waals surface area (Å²) in [6.07, 6.45) is -4.70. The average molecular weight is 453 g/mol. The van der Waals surface area contributed by atoms with Gasteiger partial charge >= 0.3 is 6.18 Å². The van der Waals surface area contributed by atoms with Crippen LogP contribution in [0.5, 0.6) is 0 Å². The molecule has 1 unspecified atom stereocenters. The molecule has 4 nitrogen and oxygen atoms in total. The largest absolute Gasteiger partial charge is 0.406 e. The number of aliphatic imine (C=N–C) groups is 1. The normalized spacial score (nSPS) is 18.4. The number of amidine groups is 1. The Morgan fingerprint density at radius 1 is 1.30 bits per heavy atom. The van der Waals surface area contributed by atoms with Gasteiger partial charge in [0.15, 0.2) is 5.17 Å². The van der Waals surface area contributed by atoms with Crippen molar-refractivity contribution in [2.24, 2.45) is 4.99 Å². The number of carbonyl (C=O) groups excluding carboxylic acids is 1. The van der Waals surface area contributed by atoms with E-state index in [1.807, 2.05) is 0 Å². The molecule has 13 heteroatoms. The van der Waals surface area contributed by atoms with Crippen molar-refractivity contribution in [1.82, 2.24) is 4.90 Å². The first kappa shape index (κ1) is 22.0. The van der Waals surface area contributed by atoms with Crippen LogP contribution in [0.3, 0.4) is 0 Å². The highest BCUT2D eigenvalue weighted by atomic mass is 35.5. The summed E-state index contributed by atoms with van der Waals surface area (Å²) in [6.45, 7) is -1.06. The quantitative estimate of drug-likeness (QED) is 0.623. The number of halogens is 7. The minimum atomic E-state index is -4.70. The summed E-state index contributed by atoms with van der Waals surface area (Å²) in [7, 11) is -2.30. The third-order valence-corrected chi connectivity index (χ3v) is 6.02. The number of hydrogen-bond acceptors (Lipinski definition) is 4. The molecule has 1 aliphatic heterocycles. The Morgan fingerprint density at radius 2 is 1.93 bits per heavy atom. The minimum Gasteiger partial charge on any atom is -0.281 e. The van der Waals surface area contributed by atoms with Gasteiger partial charge in [0, 0.05) is 6.92 Å². The molecule has 150 valence electrons. The van der Waals surface area contributed by atoms with Gasteiger partial charge in [-0.1, -0.05) is 23.4 Å². The summed E-state index contributed by atoms with van der Waals surface area (Å²) < 4.78 is 90.0. The number of hydrogen-bond donors (Lipinski definition) is 0. The molecule has 1 heterocycles. The van der Waals surface area contributed by atoms with Crippen molar-refractivity contribution in [3.05, 3.63) is 23.0 Å². The van der Waals surface area contributed by atoms with Crippen molar-refractivity contribution in [3.8, 4) is 0 Å². The highest BCUT2D eigenvalue weighted by molar-refractivity contribution is 8.15. The van der Waals surface area contributed by atoms with Crippen LogP contribution in [0.25, 0.3) is 0 Å².